The Morgan fingerprint density at radius 2 is 1.10 bits per heavy atom. The summed E-state index contributed by atoms with van der Waals surface area (Å²) < 4.78 is 2.35. The van der Waals surface area contributed by atoms with E-state index in [-0.39, 0.29) is 0 Å². The standard InChI is InChI=1S/C56H46N2/c1-5-8-12-20-40(4)52-38-45(29-33-54(52)57-49-36-47(42-23-15-10-16-24-42)35-48(37-49)43-25-17-11-18-26-43)46-30-34-56-53(39-46)51(19-6-2)55(7-3)58(56)50-31-27-44(28-32-50)41-21-13-9-14-22-41/h5-39,57H,2,4H2,1,3H3/b8-5-,20-12-,51-19-,55-7+. The zero-order valence-corrected chi connectivity index (χ0v) is 33.1. The minimum Gasteiger partial charge on any atom is -0.355 e. The first-order valence-electron chi connectivity index (χ1n) is 19.8. The molecule has 1 aromatic heterocycles. The van der Waals surface area contributed by atoms with Gasteiger partial charge in [-0.3, -0.25) is 0 Å². The largest absolute Gasteiger partial charge is 0.355 e. The van der Waals surface area contributed by atoms with Gasteiger partial charge in [0.15, 0.2) is 0 Å². The SMILES string of the molecule is C=C/C=c1\c(=C/C)n(-c2ccc(-c3ccccc3)cc2)c2ccc(-c3ccc(Nc4cc(-c5ccccc5)cc(-c5ccccc5)c4)c(C(=C)/C=C\C=C/C)c3)cc12. The molecule has 1 N–H and O–H groups in total. The fourth-order valence-corrected chi connectivity index (χ4v) is 7.72. The normalized spacial score (nSPS) is 12.2. The van der Waals surface area contributed by atoms with Gasteiger partial charge in [0.2, 0.25) is 0 Å². The summed E-state index contributed by atoms with van der Waals surface area (Å²) in [6, 6.07) is 60.6. The van der Waals surface area contributed by atoms with E-state index in [1.54, 1.807) is 0 Å². The van der Waals surface area contributed by atoms with Crippen LogP contribution in [0.15, 0.2) is 213 Å². The number of fused-ring (bicyclic) bond motifs is 1. The average Bonchev–Trinajstić information content (AvgIpc) is 3.59. The van der Waals surface area contributed by atoms with Crippen molar-refractivity contribution in [2.24, 2.45) is 0 Å². The fourth-order valence-electron chi connectivity index (χ4n) is 7.72. The first kappa shape index (κ1) is 37.5. The average molecular weight is 747 g/mol. The molecule has 0 aliphatic rings. The van der Waals surface area contributed by atoms with Gasteiger partial charge >= 0.3 is 0 Å². The van der Waals surface area contributed by atoms with Gasteiger partial charge in [-0.2, -0.15) is 0 Å². The van der Waals surface area contributed by atoms with Gasteiger partial charge in [-0.15, -0.1) is 0 Å². The highest BCUT2D eigenvalue weighted by Crippen LogP contribution is 2.36. The summed E-state index contributed by atoms with van der Waals surface area (Å²) in [7, 11) is 0. The molecular weight excluding hydrogens is 701 g/mol. The molecule has 0 saturated carbocycles. The fraction of sp³-hybridized carbons (Fsp3) is 0.0357. The molecule has 0 aliphatic carbocycles. The van der Waals surface area contributed by atoms with Crippen molar-refractivity contribution in [2.75, 3.05) is 5.32 Å². The van der Waals surface area contributed by atoms with Crippen LogP contribution < -0.4 is 15.9 Å². The molecule has 2 nitrogen and oxygen atoms in total. The minimum atomic E-state index is 0.916. The Hall–Kier alpha value is -7.42. The van der Waals surface area contributed by atoms with Gasteiger partial charge in [-0.25, -0.2) is 0 Å². The van der Waals surface area contributed by atoms with Crippen LogP contribution in [-0.4, -0.2) is 4.57 Å². The van der Waals surface area contributed by atoms with E-state index < -0.39 is 0 Å². The van der Waals surface area contributed by atoms with Crippen molar-refractivity contribution in [3.05, 3.63) is 230 Å². The van der Waals surface area contributed by atoms with Crippen molar-refractivity contribution in [3.63, 3.8) is 0 Å². The van der Waals surface area contributed by atoms with Crippen molar-refractivity contribution in [1.82, 2.24) is 4.57 Å². The van der Waals surface area contributed by atoms with Crippen molar-refractivity contribution < 1.29 is 0 Å². The lowest BCUT2D eigenvalue weighted by Gasteiger charge is -2.17. The van der Waals surface area contributed by atoms with E-state index in [1.807, 2.05) is 31.2 Å². The lowest BCUT2D eigenvalue weighted by atomic mass is 9.95. The number of nitrogens with one attached hydrogen (secondary N) is 1. The second-order valence-corrected chi connectivity index (χ2v) is 14.3. The molecule has 0 amide bonds. The molecule has 0 radical (unpaired) electrons. The topological polar surface area (TPSA) is 17.0 Å². The number of nitrogens with zero attached hydrogens (tertiary/aromatic N) is 1. The summed E-state index contributed by atoms with van der Waals surface area (Å²) in [4.78, 5) is 0. The maximum Gasteiger partial charge on any atom is 0.0541 e. The Bertz CT molecular complexity index is 2870. The lowest BCUT2D eigenvalue weighted by Crippen LogP contribution is -2.27. The van der Waals surface area contributed by atoms with Gasteiger partial charge in [0.25, 0.3) is 0 Å². The number of benzene rings is 7. The zero-order valence-electron chi connectivity index (χ0n) is 33.1. The van der Waals surface area contributed by atoms with Crippen molar-refractivity contribution in [1.29, 1.82) is 0 Å². The summed E-state index contributed by atoms with van der Waals surface area (Å²) in [5.74, 6) is 0. The Morgan fingerprint density at radius 1 is 0.552 bits per heavy atom. The van der Waals surface area contributed by atoms with Crippen LogP contribution in [0.4, 0.5) is 11.4 Å². The molecule has 2 heteroatoms. The molecule has 0 fully saturated rings. The van der Waals surface area contributed by atoms with Gasteiger partial charge in [0.1, 0.15) is 0 Å². The summed E-state index contributed by atoms with van der Waals surface area (Å²) in [6.45, 7) is 12.8. The van der Waals surface area contributed by atoms with Crippen molar-refractivity contribution in [2.45, 2.75) is 13.8 Å². The number of rotatable bonds is 11. The van der Waals surface area contributed by atoms with E-state index in [9.17, 15) is 0 Å². The van der Waals surface area contributed by atoms with Gasteiger partial charge in [0.05, 0.1) is 5.52 Å². The highest BCUT2D eigenvalue weighted by atomic mass is 15.0. The zero-order chi connectivity index (χ0) is 39.8. The Labute approximate surface area is 342 Å². The number of aromatic nitrogens is 1. The third kappa shape index (κ3) is 7.82. The molecule has 8 rings (SSSR count). The molecule has 8 aromatic rings. The highest BCUT2D eigenvalue weighted by molar-refractivity contribution is 5.92. The molecule has 0 spiro atoms. The van der Waals surface area contributed by atoms with Crippen molar-refractivity contribution in [3.8, 4) is 50.2 Å². The van der Waals surface area contributed by atoms with E-state index in [0.29, 0.717) is 0 Å². The third-order valence-corrected chi connectivity index (χ3v) is 10.6. The number of allylic oxidation sites excluding steroid dienone is 6. The maximum atomic E-state index is 4.55. The number of anilines is 2. The van der Waals surface area contributed by atoms with E-state index in [1.165, 1.54) is 27.6 Å². The molecule has 0 atom stereocenters. The van der Waals surface area contributed by atoms with E-state index in [2.05, 4.69) is 218 Å². The monoisotopic (exact) mass is 746 g/mol. The van der Waals surface area contributed by atoms with Crippen LogP contribution in [0.1, 0.15) is 19.4 Å². The van der Waals surface area contributed by atoms with Gasteiger partial charge in [-0.05, 0) is 119 Å². The lowest BCUT2D eigenvalue weighted by molar-refractivity contribution is 1.07. The van der Waals surface area contributed by atoms with Gasteiger partial charge in [-0.1, -0.05) is 171 Å². The first-order chi connectivity index (χ1) is 28.5. The summed E-state index contributed by atoms with van der Waals surface area (Å²) in [5.41, 5.74) is 15.5. The molecule has 58 heavy (non-hydrogen) atoms. The molecule has 7 aromatic carbocycles. The van der Waals surface area contributed by atoms with Crippen LogP contribution in [0.3, 0.4) is 0 Å². The van der Waals surface area contributed by atoms with Crippen molar-refractivity contribution >= 4 is 40.0 Å². The first-order valence-corrected chi connectivity index (χ1v) is 19.8. The molecule has 0 unspecified atom stereocenters. The van der Waals surface area contributed by atoms with Crippen LogP contribution in [0.5, 0.6) is 0 Å². The Morgan fingerprint density at radius 3 is 1.69 bits per heavy atom. The van der Waals surface area contributed by atoms with E-state index in [0.717, 1.165) is 66.5 Å². The second kappa shape index (κ2) is 17.2. The van der Waals surface area contributed by atoms with Crippen LogP contribution in [0, 0.1) is 0 Å². The number of hydrogen-bond acceptors (Lipinski definition) is 1. The summed E-state index contributed by atoms with van der Waals surface area (Å²) >= 11 is 0. The Balaban J connectivity index is 1.23. The molecule has 0 bridgehead atoms. The van der Waals surface area contributed by atoms with Gasteiger partial charge in [0, 0.05) is 38.6 Å². The predicted octanol–water partition coefficient (Wildman–Crippen LogP) is 14.0. The highest BCUT2D eigenvalue weighted by Gasteiger charge is 2.14. The molecular formula is C56H46N2. The minimum absolute atomic E-state index is 0.916. The summed E-state index contributed by atoms with van der Waals surface area (Å²) in [5, 5.41) is 7.26. The van der Waals surface area contributed by atoms with Crippen LogP contribution in [-0.2, 0) is 0 Å². The second-order valence-electron chi connectivity index (χ2n) is 14.3. The van der Waals surface area contributed by atoms with Crippen LogP contribution in [0.25, 0.3) is 78.8 Å². The van der Waals surface area contributed by atoms with Gasteiger partial charge < -0.3 is 9.88 Å². The third-order valence-electron chi connectivity index (χ3n) is 10.6. The van der Waals surface area contributed by atoms with E-state index >= 15 is 0 Å². The predicted molar refractivity (Wildman–Crippen MR) is 252 cm³/mol. The van der Waals surface area contributed by atoms with E-state index in [4.69, 9.17) is 0 Å². The molecule has 280 valence electrons. The quantitative estimate of drug-likeness (QED) is 0.130. The molecule has 0 aliphatic heterocycles. The number of hydrogen-bond donors (Lipinski definition) is 1. The van der Waals surface area contributed by atoms with Crippen LogP contribution >= 0.6 is 0 Å². The molecule has 1 heterocycles. The molecule has 0 saturated heterocycles. The van der Waals surface area contributed by atoms with Crippen LogP contribution in [0.2, 0.25) is 0 Å². The Kier molecular flexibility index (Phi) is 11.1. The smallest absolute Gasteiger partial charge is 0.0541 e. The summed E-state index contributed by atoms with van der Waals surface area (Å²) in [6.07, 6.45) is 14.4. The maximum absolute atomic E-state index is 4.55.